The van der Waals surface area contributed by atoms with E-state index in [9.17, 15) is 8.42 Å². The van der Waals surface area contributed by atoms with E-state index >= 15 is 0 Å². The third kappa shape index (κ3) is 2.78. The van der Waals surface area contributed by atoms with Crippen molar-refractivity contribution in [3.63, 3.8) is 0 Å². The van der Waals surface area contributed by atoms with Crippen LogP contribution in [0.4, 0.5) is 0 Å². The number of benzene rings is 2. The average Bonchev–Trinajstić information content (AvgIpc) is 3.17. The number of nitrogens with zero attached hydrogens (tertiary/aromatic N) is 2. The number of hydrogen-bond acceptors (Lipinski definition) is 4. The Balaban J connectivity index is 1.47. The highest BCUT2D eigenvalue weighted by molar-refractivity contribution is 7.89. The maximum Gasteiger partial charge on any atom is 0.241 e. The molecule has 2 heterocycles. The van der Waals surface area contributed by atoms with Crippen molar-refractivity contribution in [2.24, 2.45) is 0 Å². The molecule has 0 spiro atoms. The van der Waals surface area contributed by atoms with Crippen LogP contribution >= 0.6 is 0 Å². The normalized spacial score (nSPS) is 17.1. The van der Waals surface area contributed by atoms with Crippen molar-refractivity contribution in [1.82, 2.24) is 19.9 Å². The largest absolute Gasteiger partial charge is 0.261 e. The number of nitrogens with one attached hydrogen (secondary N) is 2. The average molecular weight is 392 g/mol. The Bertz CT molecular complexity index is 1310. The minimum absolute atomic E-state index is 0.149. The zero-order valence-corrected chi connectivity index (χ0v) is 16.3. The van der Waals surface area contributed by atoms with Gasteiger partial charge in [0.15, 0.2) is 5.65 Å². The number of H-pyrrole nitrogens is 1. The van der Waals surface area contributed by atoms with E-state index in [1.54, 1.807) is 12.3 Å². The number of sulfonamides is 1. The third-order valence-electron chi connectivity index (χ3n) is 5.60. The van der Waals surface area contributed by atoms with Crippen molar-refractivity contribution >= 4 is 31.8 Å². The van der Waals surface area contributed by atoms with Gasteiger partial charge in [0, 0.05) is 23.0 Å². The highest BCUT2D eigenvalue weighted by Gasteiger charge is 2.27. The monoisotopic (exact) mass is 392 g/mol. The maximum absolute atomic E-state index is 13.2. The quantitative estimate of drug-likeness (QED) is 0.560. The molecule has 6 nitrogen and oxygen atoms in total. The SMILES string of the molecule is Cc1ccc(S(=O)(=O)NC2CCc3c(cnc4[nH]ncc34)C2)c2ccccc12. The summed E-state index contributed by atoms with van der Waals surface area (Å²) >= 11 is 0. The zero-order chi connectivity index (χ0) is 19.3. The van der Waals surface area contributed by atoms with Crippen LogP contribution in [0.5, 0.6) is 0 Å². The Morgan fingerprint density at radius 1 is 1.07 bits per heavy atom. The van der Waals surface area contributed by atoms with Gasteiger partial charge >= 0.3 is 0 Å². The predicted molar refractivity (Wildman–Crippen MR) is 109 cm³/mol. The molecule has 0 fully saturated rings. The first-order valence-electron chi connectivity index (χ1n) is 9.33. The van der Waals surface area contributed by atoms with Gasteiger partial charge in [-0.25, -0.2) is 18.1 Å². The van der Waals surface area contributed by atoms with Crippen LogP contribution in [-0.2, 0) is 22.9 Å². The predicted octanol–water partition coefficient (Wildman–Crippen LogP) is 3.26. The minimum atomic E-state index is -3.63. The molecule has 0 amide bonds. The van der Waals surface area contributed by atoms with Crippen LogP contribution in [0, 0.1) is 6.92 Å². The summed E-state index contributed by atoms with van der Waals surface area (Å²) in [5.74, 6) is 0. The molecule has 0 saturated carbocycles. The lowest BCUT2D eigenvalue weighted by molar-refractivity contribution is 0.508. The van der Waals surface area contributed by atoms with Crippen LogP contribution in [0.1, 0.15) is 23.1 Å². The summed E-state index contributed by atoms with van der Waals surface area (Å²) < 4.78 is 29.3. The maximum atomic E-state index is 13.2. The van der Waals surface area contributed by atoms with Crippen LogP contribution in [-0.4, -0.2) is 29.6 Å². The van der Waals surface area contributed by atoms with Gasteiger partial charge < -0.3 is 0 Å². The van der Waals surface area contributed by atoms with E-state index in [0.29, 0.717) is 11.3 Å². The van der Waals surface area contributed by atoms with Crippen molar-refractivity contribution in [1.29, 1.82) is 0 Å². The molecule has 0 saturated heterocycles. The van der Waals surface area contributed by atoms with Gasteiger partial charge in [-0.2, -0.15) is 5.10 Å². The van der Waals surface area contributed by atoms with Gasteiger partial charge in [-0.15, -0.1) is 0 Å². The summed E-state index contributed by atoms with van der Waals surface area (Å²) in [5.41, 5.74) is 4.15. The van der Waals surface area contributed by atoms with Crippen molar-refractivity contribution in [3.8, 4) is 0 Å². The summed E-state index contributed by atoms with van der Waals surface area (Å²) in [7, 11) is -3.63. The van der Waals surface area contributed by atoms with E-state index in [-0.39, 0.29) is 6.04 Å². The van der Waals surface area contributed by atoms with Crippen molar-refractivity contribution in [3.05, 3.63) is 65.5 Å². The van der Waals surface area contributed by atoms with Gasteiger partial charge in [0.05, 0.1) is 11.1 Å². The smallest absolute Gasteiger partial charge is 0.241 e. The van der Waals surface area contributed by atoms with Crippen molar-refractivity contribution in [2.45, 2.75) is 37.1 Å². The van der Waals surface area contributed by atoms with Crippen LogP contribution in [0.25, 0.3) is 21.8 Å². The Hall–Kier alpha value is -2.77. The molecular formula is C21H20N4O2S. The topological polar surface area (TPSA) is 87.7 Å². The number of aromatic amines is 1. The van der Waals surface area contributed by atoms with Crippen LogP contribution in [0.2, 0.25) is 0 Å². The molecule has 1 aliphatic carbocycles. The second-order valence-electron chi connectivity index (χ2n) is 7.38. The number of fused-ring (bicyclic) bond motifs is 4. The Morgan fingerprint density at radius 2 is 1.89 bits per heavy atom. The highest BCUT2D eigenvalue weighted by Crippen LogP contribution is 2.29. The number of aromatic nitrogens is 3. The van der Waals surface area contributed by atoms with E-state index in [1.165, 1.54) is 5.56 Å². The fourth-order valence-corrected chi connectivity index (χ4v) is 5.67. The standard InChI is InChI=1S/C21H20N4O2S/c1-13-6-9-20(18-5-3-2-4-16(13)18)28(26,27)25-15-7-8-17-14(10-15)11-22-21-19(17)12-23-24-21/h2-6,9,11-12,15,25H,7-8,10H2,1H3,(H,22,23,24). The van der Waals surface area contributed by atoms with Gasteiger partial charge in [0.2, 0.25) is 10.0 Å². The van der Waals surface area contributed by atoms with Gasteiger partial charge in [0.25, 0.3) is 0 Å². The molecule has 2 aromatic heterocycles. The Kier molecular flexibility index (Phi) is 3.96. The second-order valence-corrected chi connectivity index (χ2v) is 9.06. The molecule has 2 aromatic carbocycles. The molecule has 1 atom stereocenters. The summed E-state index contributed by atoms with van der Waals surface area (Å²) in [5, 5.41) is 9.71. The van der Waals surface area contributed by atoms with Crippen LogP contribution < -0.4 is 4.72 Å². The number of hydrogen-bond donors (Lipinski definition) is 2. The first-order valence-corrected chi connectivity index (χ1v) is 10.8. The molecule has 2 N–H and O–H groups in total. The molecule has 28 heavy (non-hydrogen) atoms. The summed E-state index contributed by atoms with van der Waals surface area (Å²) in [6, 6.07) is 11.1. The fraction of sp³-hybridized carbons (Fsp3) is 0.238. The van der Waals surface area contributed by atoms with E-state index in [1.807, 2.05) is 43.5 Å². The lowest BCUT2D eigenvalue weighted by Gasteiger charge is -2.25. The van der Waals surface area contributed by atoms with Crippen molar-refractivity contribution in [2.75, 3.05) is 0 Å². The molecular weight excluding hydrogens is 372 g/mol. The van der Waals surface area contributed by atoms with Gasteiger partial charge in [-0.05, 0) is 54.3 Å². The first kappa shape index (κ1) is 17.3. The molecule has 5 rings (SSSR count). The molecule has 1 unspecified atom stereocenters. The number of aryl methyl sites for hydroxylation is 2. The molecule has 1 aliphatic rings. The minimum Gasteiger partial charge on any atom is -0.261 e. The van der Waals surface area contributed by atoms with Gasteiger partial charge in [-0.3, -0.25) is 5.10 Å². The van der Waals surface area contributed by atoms with E-state index < -0.39 is 10.0 Å². The third-order valence-corrected chi connectivity index (χ3v) is 7.18. The van der Waals surface area contributed by atoms with Crippen LogP contribution in [0.3, 0.4) is 0 Å². The molecule has 142 valence electrons. The molecule has 0 bridgehead atoms. The highest BCUT2D eigenvalue weighted by atomic mass is 32.2. The summed E-state index contributed by atoms with van der Waals surface area (Å²) in [4.78, 5) is 4.73. The molecule has 7 heteroatoms. The summed E-state index contributed by atoms with van der Waals surface area (Å²) in [6.45, 7) is 1.99. The van der Waals surface area contributed by atoms with Gasteiger partial charge in [0.1, 0.15) is 0 Å². The number of pyridine rings is 1. The second kappa shape index (κ2) is 6.39. The van der Waals surface area contributed by atoms with Gasteiger partial charge in [-0.1, -0.05) is 30.3 Å². The zero-order valence-electron chi connectivity index (χ0n) is 15.4. The molecule has 0 aliphatic heterocycles. The first-order chi connectivity index (χ1) is 13.5. The van der Waals surface area contributed by atoms with E-state index in [0.717, 1.165) is 45.8 Å². The van der Waals surface area contributed by atoms with E-state index in [4.69, 9.17) is 0 Å². The fourth-order valence-electron chi connectivity index (χ4n) is 4.19. The lowest BCUT2D eigenvalue weighted by atomic mass is 9.88. The number of rotatable bonds is 3. The Labute approximate surface area is 163 Å². The summed E-state index contributed by atoms with van der Waals surface area (Å²) in [6.07, 6.45) is 5.81. The van der Waals surface area contributed by atoms with E-state index in [2.05, 4.69) is 19.9 Å². The van der Waals surface area contributed by atoms with Crippen molar-refractivity contribution < 1.29 is 8.42 Å². The molecule has 4 aromatic rings. The Morgan fingerprint density at radius 3 is 2.75 bits per heavy atom. The lowest BCUT2D eigenvalue weighted by Crippen LogP contribution is -2.39. The van der Waals surface area contributed by atoms with Crippen LogP contribution in [0.15, 0.2) is 53.7 Å². The molecule has 0 radical (unpaired) electrons.